The number of carbonyl (C=O) groups excluding carboxylic acids is 1. The number of hydrogen-bond donors (Lipinski definition) is 4. The summed E-state index contributed by atoms with van der Waals surface area (Å²) in [5.74, 6) is 0. The van der Waals surface area contributed by atoms with Gasteiger partial charge in [0.2, 0.25) is 0 Å². The Morgan fingerprint density at radius 1 is 1.05 bits per heavy atom. The predicted molar refractivity (Wildman–Crippen MR) is 50.9 cm³/mol. The Morgan fingerprint density at radius 2 is 1.45 bits per heavy atom. The van der Waals surface area contributed by atoms with Crippen molar-refractivity contribution in [1.29, 1.82) is 0 Å². The third-order valence-corrected chi connectivity index (χ3v) is 2.10. The van der Waals surface area contributed by atoms with Crippen molar-refractivity contribution in [3.8, 4) is 0 Å². The smallest absolute Gasteiger partial charge is 0.790 e. The summed E-state index contributed by atoms with van der Waals surface area (Å²) >= 11 is 0. The largest absolute Gasteiger partial charge is 1.00 e. The molecule has 0 aromatic carbocycles. The van der Waals surface area contributed by atoms with E-state index in [1.54, 1.807) is 0 Å². The van der Waals surface area contributed by atoms with Crippen molar-refractivity contribution in [2.45, 2.75) is 24.4 Å². The van der Waals surface area contributed by atoms with Crippen molar-refractivity contribution in [1.82, 2.24) is 0 Å². The van der Waals surface area contributed by atoms with Crippen molar-refractivity contribution in [2.24, 2.45) is 0 Å². The summed E-state index contributed by atoms with van der Waals surface area (Å²) < 4.78 is 13.6. The van der Waals surface area contributed by atoms with Crippen molar-refractivity contribution >= 4 is 14.1 Å². The molecule has 20 heavy (non-hydrogen) atoms. The van der Waals surface area contributed by atoms with E-state index in [0.717, 1.165) is 0 Å². The average Bonchev–Trinajstić information content (AvgIpc) is 2.21. The van der Waals surface area contributed by atoms with Gasteiger partial charge in [0, 0.05) is 0 Å². The summed E-state index contributed by atoms with van der Waals surface area (Å²) in [6.07, 6.45) is -8.04. The molecule has 0 aliphatic carbocycles. The van der Waals surface area contributed by atoms with Crippen molar-refractivity contribution < 1.29 is 158 Å². The van der Waals surface area contributed by atoms with Gasteiger partial charge in [0.1, 0.15) is 24.4 Å². The minimum Gasteiger partial charge on any atom is -0.790 e. The Kier molecular flexibility index (Phi) is 28.5. The average molecular weight is 372 g/mol. The van der Waals surface area contributed by atoms with Crippen molar-refractivity contribution in [3.63, 3.8) is 0 Å². The van der Waals surface area contributed by atoms with E-state index >= 15 is 0 Å². The van der Waals surface area contributed by atoms with Crippen LogP contribution in [-0.2, 0) is 13.9 Å². The Balaban J connectivity index is -0.000000187. The van der Waals surface area contributed by atoms with E-state index in [0.29, 0.717) is 0 Å². The molecule has 0 aromatic rings. The van der Waals surface area contributed by atoms with Gasteiger partial charge < -0.3 is 55.0 Å². The summed E-state index contributed by atoms with van der Waals surface area (Å²) in [6.45, 7) is -1.09. The molecule has 11 nitrogen and oxygen atoms in total. The molecule has 4 atom stereocenters. The van der Waals surface area contributed by atoms with Gasteiger partial charge in [-0.3, -0.25) is 0 Å². The molecule has 112 valence electrons. The molecule has 0 amide bonds. The zero-order valence-corrected chi connectivity index (χ0v) is 18.0. The Morgan fingerprint density at radius 3 is 1.75 bits per heavy atom. The van der Waals surface area contributed by atoms with Crippen LogP contribution in [0.2, 0.25) is 0 Å². The second kappa shape index (κ2) is 16.7. The fourth-order valence-corrected chi connectivity index (χ4v) is 1.11. The summed E-state index contributed by atoms with van der Waals surface area (Å²) in [7, 11) is -5.30. The molecule has 0 fully saturated rings. The minimum absolute atomic E-state index is 0. The zero-order chi connectivity index (χ0) is 12.9. The van der Waals surface area contributed by atoms with Crippen LogP contribution in [0.15, 0.2) is 0 Å². The molecule has 0 aliphatic heterocycles. The first-order valence-corrected chi connectivity index (χ1v) is 5.49. The van der Waals surface area contributed by atoms with Gasteiger partial charge in [-0.25, -0.2) is 0 Å². The van der Waals surface area contributed by atoms with Crippen LogP contribution in [-0.4, -0.2) is 68.7 Å². The normalized spacial score (nSPS) is 15.9. The van der Waals surface area contributed by atoms with Gasteiger partial charge in [-0.05, 0) is 0 Å². The molecule has 0 spiro atoms. The molecule has 8 N–H and O–H groups in total. The number of aliphatic hydroxyl groups is 4. The van der Waals surface area contributed by atoms with Crippen LogP contribution in [0.25, 0.3) is 0 Å². The molecule has 0 saturated carbocycles. The molecule has 4 unspecified atom stereocenters. The van der Waals surface area contributed by atoms with Crippen molar-refractivity contribution in [2.75, 3.05) is 6.61 Å². The van der Waals surface area contributed by atoms with E-state index in [9.17, 15) is 19.1 Å². The zero-order valence-electron chi connectivity index (χ0n) is 10.9. The number of hydrogen-bond acceptors (Lipinski definition) is 9. The van der Waals surface area contributed by atoms with Crippen LogP contribution in [0.5, 0.6) is 0 Å². The summed E-state index contributed by atoms with van der Waals surface area (Å²) in [6, 6.07) is 0. The van der Waals surface area contributed by atoms with Crippen LogP contribution in [0, 0.1) is 0 Å². The Hall–Kier alpha value is 2.81. The first-order chi connectivity index (χ1) is 7.19. The molecule has 0 heterocycles. The monoisotopic (exact) mass is 372 g/mol. The van der Waals surface area contributed by atoms with E-state index in [1.807, 2.05) is 0 Å². The minimum atomic E-state index is -5.30. The Bertz CT molecular complexity index is 274. The van der Waals surface area contributed by atoms with E-state index in [2.05, 4.69) is 4.52 Å². The van der Waals surface area contributed by atoms with Crippen LogP contribution in [0.4, 0.5) is 0 Å². The van der Waals surface area contributed by atoms with Gasteiger partial charge >= 0.3 is 103 Å². The molecule has 0 bridgehead atoms. The van der Waals surface area contributed by atoms with E-state index in [1.165, 1.54) is 0 Å². The SMILES string of the molecule is O.O.O=CC(O)C(O)C(O)C(O)COP(=O)([O-])[O-].[K+].[K+]. The number of phosphoric ester groups is 1. The molecule has 0 saturated heterocycles. The first kappa shape index (κ1) is 34.2. The second-order valence-electron chi connectivity index (χ2n) is 2.92. The third-order valence-electron chi connectivity index (χ3n) is 1.64. The van der Waals surface area contributed by atoms with Crippen LogP contribution in [0.1, 0.15) is 0 Å². The summed E-state index contributed by atoms with van der Waals surface area (Å²) in [5, 5.41) is 35.9. The number of aldehydes is 1. The maximum absolute atomic E-state index is 10.0. The van der Waals surface area contributed by atoms with E-state index < -0.39 is 38.8 Å². The maximum Gasteiger partial charge on any atom is 1.00 e. The van der Waals surface area contributed by atoms with E-state index in [4.69, 9.17) is 20.4 Å². The summed E-state index contributed by atoms with van der Waals surface area (Å²) in [4.78, 5) is 30.0. The van der Waals surface area contributed by atoms with Gasteiger partial charge in [-0.15, -0.1) is 0 Å². The number of aliphatic hydroxyl groups excluding tert-OH is 4. The van der Waals surface area contributed by atoms with Crippen LogP contribution < -0.4 is 113 Å². The molecule has 0 aliphatic rings. The van der Waals surface area contributed by atoms with Crippen molar-refractivity contribution in [3.05, 3.63) is 0 Å². The predicted octanol–water partition coefficient (Wildman–Crippen LogP) is -12.2. The number of phosphoric acid groups is 1. The molecule has 0 radical (unpaired) electrons. The number of carbonyl (C=O) groups is 1. The molecular weight excluding hydrogens is 357 g/mol. The third kappa shape index (κ3) is 15.7. The molecule has 0 rings (SSSR count). The Labute approximate surface area is 199 Å². The standard InChI is InChI=1S/C6H13O9P.2K.2H2O/c7-1-3(8)5(10)6(11)4(9)2-15-16(12,13)14;;;;/h1,3-6,8-11H,2H2,(H2,12,13,14);;;2*1H2/q;2*+1;;/p-2. The molecule has 14 heteroatoms. The maximum atomic E-state index is 10.0. The fourth-order valence-electron chi connectivity index (χ4n) is 0.776. The van der Waals surface area contributed by atoms with Gasteiger partial charge in [-0.1, -0.05) is 0 Å². The molecule has 0 aromatic heterocycles. The van der Waals surface area contributed by atoms with Gasteiger partial charge in [0.15, 0.2) is 6.29 Å². The summed E-state index contributed by atoms with van der Waals surface area (Å²) in [5.41, 5.74) is 0. The molecular formula is C6H15K2O11P. The number of rotatable bonds is 7. The van der Waals surface area contributed by atoms with Crippen LogP contribution in [0.3, 0.4) is 0 Å². The van der Waals surface area contributed by atoms with Crippen LogP contribution >= 0.6 is 7.82 Å². The van der Waals surface area contributed by atoms with Gasteiger partial charge in [0.25, 0.3) is 0 Å². The van der Waals surface area contributed by atoms with E-state index in [-0.39, 0.29) is 120 Å². The topological polar surface area (TPSA) is 233 Å². The second-order valence-corrected chi connectivity index (χ2v) is 4.07. The quantitative estimate of drug-likeness (QED) is 0.188. The van der Waals surface area contributed by atoms with Gasteiger partial charge in [0.05, 0.1) is 14.4 Å². The first-order valence-electron chi connectivity index (χ1n) is 4.03. The van der Waals surface area contributed by atoms with Gasteiger partial charge in [-0.2, -0.15) is 0 Å². The fraction of sp³-hybridized carbons (Fsp3) is 0.833.